The second-order valence-corrected chi connectivity index (χ2v) is 8.30. The molecule has 0 aromatic heterocycles. The molecule has 2 saturated heterocycles. The number of carbonyl (C=O) groups excluding carboxylic acids is 2. The molecule has 1 saturated carbocycles. The lowest BCUT2D eigenvalue weighted by molar-refractivity contribution is -0.124. The fourth-order valence-corrected chi connectivity index (χ4v) is 4.67. The SMILES string of the molecule is N=C(N)NC(CC[C@@H](C=O)NN1CCC1)C(=O)[C@@H]1C[C@@H]2CCCCC2CN1. The fraction of sp³-hybridized carbons (Fsp3) is 0.842. The fourth-order valence-electron chi connectivity index (χ4n) is 4.67. The first-order chi connectivity index (χ1) is 13.1. The summed E-state index contributed by atoms with van der Waals surface area (Å²) in [6, 6.07) is -1.02. The van der Waals surface area contributed by atoms with Crippen molar-refractivity contribution in [2.24, 2.45) is 17.6 Å². The Bertz CT molecular complexity index is 538. The first-order valence-electron chi connectivity index (χ1n) is 10.4. The van der Waals surface area contributed by atoms with E-state index in [4.69, 9.17) is 11.1 Å². The second-order valence-electron chi connectivity index (χ2n) is 8.30. The molecule has 0 aromatic rings. The van der Waals surface area contributed by atoms with Crippen LogP contribution in [-0.4, -0.2) is 60.8 Å². The molecule has 0 spiro atoms. The van der Waals surface area contributed by atoms with Crippen molar-refractivity contribution in [2.45, 2.75) is 69.5 Å². The lowest BCUT2D eigenvalue weighted by Crippen LogP contribution is -2.56. The molecule has 3 fully saturated rings. The Morgan fingerprint density at radius 1 is 1.22 bits per heavy atom. The van der Waals surface area contributed by atoms with Crippen LogP contribution in [0, 0.1) is 17.2 Å². The number of fused-ring (bicyclic) bond motifs is 1. The number of hydrazine groups is 1. The van der Waals surface area contributed by atoms with Crippen molar-refractivity contribution in [3.8, 4) is 0 Å². The molecule has 0 radical (unpaired) electrons. The largest absolute Gasteiger partial charge is 0.370 e. The topological polar surface area (TPSA) is 123 Å². The lowest BCUT2D eigenvalue weighted by atomic mass is 9.72. The first kappa shape index (κ1) is 20.2. The van der Waals surface area contributed by atoms with Crippen LogP contribution >= 0.6 is 0 Å². The van der Waals surface area contributed by atoms with Crippen molar-refractivity contribution in [3.05, 3.63) is 0 Å². The van der Waals surface area contributed by atoms with E-state index in [1.54, 1.807) is 0 Å². The standard InChI is InChI=1S/C19H34N6O2/c20-19(21)23-16(7-6-15(12-26)24-25-8-3-9-25)18(27)17-10-13-4-1-2-5-14(13)11-22-17/h12-17,22,24H,1-11H2,(H4,20,21,23)/t13-,14?,15-,16?,17-/m0/s1. The van der Waals surface area contributed by atoms with Gasteiger partial charge in [-0.05, 0) is 50.5 Å². The highest BCUT2D eigenvalue weighted by molar-refractivity contribution is 5.92. The van der Waals surface area contributed by atoms with Gasteiger partial charge < -0.3 is 21.2 Å². The molecule has 6 N–H and O–H groups in total. The van der Waals surface area contributed by atoms with Gasteiger partial charge in [0, 0.05) is 13.1 Å². The molecule has 2 heterocycles. The number of ketones is 1. The van der Waals surface area contributed by atoms with Crippen molar-refractivity contribution in [1.29, 1.82) is 5.41 Å². The predicted octanol–water partition coefficient (Wildman–Crippen LogP) is 0.133. The van der Waals surface area contributed by atoms with E-state index in [2.05, 4.69) is 16.1 Å². The molecule has 5 atom stereocenters. The van der Waals surface area contributed by atoms with Crippen LogP contribution in [0.2, 0.25) is 0 Å². The van der Waals surface area contributed by atoms with Gasteiger partial charge >= 0.3 is 0 Å². The minimum atomic E-state index is -0.527. The Balaban J connectivity index is 1.54. The summed E-state index contributed by atoms with van der Waals surface area (Å²) in [7, 11) is 0. The van der Waals surface area contributed by atoms with Crippen LogP contribution < -0.4 is 21.8 Å². The number of guanidine groups is 1. The molecule has 8 nitrogen and oxygen atoms in total. The molecule has 3 rings (SSSR count). The zero-order valence-corrected chi connectivity index (χ0v) is 16.1. The third-order valence-electron chi connectivity index (χ3n) is 6.38. The molecule has 8 heteroatoms. The van der Waals surface area contributed by atoms with E-state index >= 15 is 0 Å². The van der Waals surface area contributed by atoms with Crippen LogP contribution in [0.25, 0.3) is 0 Å². The quantitative estimate of drug-likeness (QED) is 0.220. The molecule has 3 aliphatic rings. The number of hydrogen-bond acceptors (Lipinski definition) is 6. The van der Waals surface area contributed by atoms with Gasteiger partial charge in [0.25, 0.3) is 0 Å². The number of nitrogens with one attached hydrogen (secondary N) is 4. The van der Waals surface area contributed by atoms with E-state index in [1.165, 1.54) is 25.7 Å². The van der Waals surface area contributed by atoms with Gasteiger partial charge in [0.05, 0.1) is 18.1 Å². The average Bonchev–Trinajstić information content (AvgIpc) is 2.64. The monoisotopic (exact) mass is 378 g/mol. The van der Waals surface area contributed by atoms with Gasteiger partial charge in [0.2, 0.25) is 0 Å². The molecule has 1 aliphatic carbocycles. The molecular formula is C19H34N6O2. The maximum atomic E-state index is 13.1. The van der Waals surface area contributed by atoms with Crippen molar-refractivity contribution in [1.82, 2.24) is 21.1 Å². The van der Waals surface area contributed by atoms with Crippen LogP contribution in [0.5, 0.6) is 0 Å². The maximum absolute atomic E-state index is 13.1. The zero-order valence-electron chi connectivity index (χ0n) is 16.1. The summed E-state index contributed by atoms with van der Waals surface area (Å²) >= 11 is 0. The van der Waals surface area contributed by atoms with Crippen LogP contribution in [0.3, 0.4) is 0 Å². The Morgan fingerprint density at radius 2 is 1.96 bits per heavy atom. The van der Waals surface area contributed by atoms with E-state index in [0.717, 1.165) is 38.8 Å². The lowest BCUT2D eigenvalue weighted by Gasteiger charge is -2.40. The summed E-state index contributed by atoms with van der Waals surface area (Å²) in [4.78, 5) is 24.5. The smallest absolute Gasteiger partial charge is 0.186 e. The van der Waals surface area contributed by atoms with Gasteiger partial charge in [-0.2, -0.15) is 0 Å². The highest BCUT2D eigenvalue weighted by Gasteiger charge is 2.37. The number of rotatable bonds is 9. The van der Waals surface area contributed by atoms with E-state index < -0.39 is 6.04 Å². The van der Waals surface area contributed by atoms with Gasteiger partial charge in [-0.1, -0.05) is 19.3 Å². The Kier molecular flexibility index (Phi) is 7.20. The normalized spacial score (nSPS) is 30.4. The average molecular weight is 379 g/mol. The number of nitrogens with two attached hydrogens (primary N) is 1. The van der Waals surface area contributed by atoms with Crippen LogP contribution in [0.4, 0.5) is 0 Å². The van der Waals surface area contributed by atoms with E-state index in [0.29, 0.717) is 24.7 Å². The Hall–Kier alpha value is -1.51. The van der Waals surface area contributed by atoms with Crippen LogP contribution in [-0.2, 0) is 9.59 Å². The van der Waals surface area contributed by atoms with Crippen molar-refractivity contribution in [2.75, 3.05) is 19.6 Å². The molecule has 2 aliphatic heterocycles. The van der Waals surface area contributed by atoms with Gasteiger partial charge in [0.15, 0.2) is 11.7 Å². The molecule has 0 amide bonds. The van der Waals surface area contributed by atoms with Crippen LogP contribution in [0.1, 0.15) is 51.4 Å². The minimum Gasteiger partial charge on any atom is -0.370 e. The summed E-state index contributed by atoms with van der Waals surface area (Å²) in [5, 5.41) is 15.8. The van der Waals surface area contributed by atoms with Crippen molar-refractivity contribution < 1.29 is 9.59 Å². The molecule has 0 aromatic carbocycles. The third kappa shape index (κ3) is 5.49. The summed E-state index contributed by atoms with van der Waals surface area (Å²) in [6.45, 7) is 2.81. The number of Topliss-reactive ketones (excluding diaryl/α,β-unsaturated/α-hetero) is 1. The molecule has 152 valence electrons. The minimum absolute atomic E-state index is 0.0721. The highest BCUT2D eigenvalue weighted by Crippen LogP contribution is 2.35. The number of nitrogens with zero attached hydrogens (tertiary/aromatic N) is 1. The molecule has 0 bridgehead atoms. The Morgan fingerprint density at radius 3 is 2.59 bits per heavy atom. The van der Waals surface area contributed by atoms with Crippen molar-refractivity contribution >= 4 is 18.0 Å². The summed E-state index contributed by atoms with van der Waals surface area (Å²) in [5.74, 6) is 1.20. The summed E-state index contributed by atoms with van der Waals surface area (Å²) in [5.41, 5.74) is 8.72. The van der Waals surface area contributed by atoms with Gasteiger partial charge in [-0.25, -0.2) is 10.4 Å². The number of hydrogen-bond donors (Lipinski definition) is 5. The number of piperidine rings is 1. The number of aldehydes is 1. The number of carbonyl (C=O) groups is 2. The second kappa shape index (κ2) is 9.61. The molecule has 27 heavy (non-hydrogen) atoms. The van der Waals surface area contributed by atoms with Crippen molar-refractivity contribution in [3.63, 3.8) is 0 Å². The third-order valence-corrected chi connectivity index (χ3v) is 6.38. The van der Waals surface area contributed by atoms with E-state index in [1.807, 2.05) is 5.01 Å². The summed E-state index contributed by atoms with van der Waals surface area (Å²) < 4.78 is 0. The molecular weight excluding hydrogens is 344 g/mol. The first-order valence-corrected chi connectivity index (χ1v) is 10.4. The summed E-state index contributed by atoms with van der Waals surface area (Å²) in [6.07, 6.45) is 8.98. The van der Waals surface area contributed by atoms with Gasteiger partial charge in [-0.3, -0.25) is 10.2 Å². The highest BCUT2D eigenvalue weighted by atomic mass is 16.1. The van der Waals surface area contributed by atoms with Gasteiger partial charge in [-0.15, -0.1) is 0 Å². The van der Waals surface area contributed by atoms with E-state index in [9.17, 15) is 9.59 Å². The van der Waals surface area contributed by atoms with Gasteiger partial charge in [0.1, 0.15) is 6.29 Å². The maximum Gasteiger partial charge on any atom is 0.186 e. The Labute approximate surface area is 161 Å². The van der Waals surface area contributed by atoms with E-state index in [-0.39, 0.29) is 23.8 Å². The molecule has 2 unspecified atom stereocenters. The van der Waals surface area contributed by atoms with Crippen LogP contribution in [0.15, 0.2) is 0 Å². The zero-order chi connectivity index (χ0) is 19.2. The predicted molar refractivity (Wildman–Crippen MR) is 104 cm³/mol.